The molecular weight excluding hydrogens is 264 g/mol. The van der Waals surface area contributed by atoms with Crippen LogP contribution in [0, 0.1) is 17.8 Å². The smallest absolute Gasteiger partial charge is 0.00386 e. The molecule has 4 saturated carbocycles. The van der Waals surface area contributed by atoms with Crippen molar-refractivity contribution >= 4 is 0 Å². The average Bonchev–Trinajstić information content (AvgIpc) is 2.56. The maximum absolute atomic E-state index is 2.39. The predicted molar refractivity (Wildman–Crippen MR) is 90.9 cm³/mol. The number of benzene rings is 2. The highest BCUT2D eigenvalue weighted by Gasteiger charge is 2.55. The lowest BCUT2D eigenvalue weighted by molar-refractivity contribution is -0.0256. The lowest BCUT2D eigenvalue weighted by Crippen LogP contribution is -2.52. The van der Waals surface area contributed by atoms with Crippen molar-refractivity contribution in [1.82, 2.24) is 0 Å². The molecule has 0 aromatic heterocycles. The Morgan fingerprint density at radius 3 is 1.91 bits per heavy atom. The molecule has 0 spiro atoms. The Balaban J connectivity index is 1.54. The van der Waals surface area contributed by atoms with E-state index in [1.807, 2.05) is 0 Å². The van der Waals surface area contributed by atoms with Crippen molar-refractivity contribution in [2.75, 3.05) is 0 Å². The molecule has 4 aliphatic rings. The second kappa shape index (κ2) is 4.72. The van der Waals surface area contributed by atoms with Crippen molar-refractivity contribution in [1.29, 1.82) is 0 Å². The van der Waals surface area contributed by atoms with Gasteiger partial charge in [-0.25, -0.2) is 0 Å². The summed E-state index contributed by atoms with van der Waals surface area (Å²) in [6.07, 6.45) is 7.24. The molecule has 0 nitrogen and oxygen atoms in total. The monoisotopic (exact) mass is 288 g/mol. The van der Waals surface area contributed by atoms with Crippen molar-refractivity contribution in [3.05, 3.63) is 71.8 Å². The standard InChI is InChI=1S/C22H24/c1-3-7-17(8-4-1)21-18-11-16-12-19(21)15-22(13-16,14-18)20-9-5-2-6-10-20/h1-10,16,18-19,21H,11-15H2. The Morgan fingerprint density at radius 2 is 1.27 bits per heavy atom. The summed E-state index contributed by atoms with van der Waals surface area (Å²) in [7, 11) is 0. The van der Waals surface area contributed by atoms with E-state index in [1.54, 1.807) is 11.1 Å². The largest absolute Gasteiger partial charge is 0.0622 e. The zero-order chi connectivity index (χ0) is 14.6. The minimum absolute atomic E-state index is 0.503. The Hall–Kier alpha value is -1.56. The summed E-state index contributed by atoms with van der Waals surface area (Å²) < 4.78 is 0. The van der Waals surface area contributed by atoms with Crippen LogP contribution in [0.2, 0.25) is 0 Å². The molecule has 0 amide bonds. The van der Waals surface area contributed by atoms with Crippen LogP contribution in [-0.2, 0) is 5.41 Å². The number of hydrogen-bond acceptors (Lipinski definition) is 0. The highest BCUT2D eigenvalue weighted by Crippen LogP contribution is 2.65. The number of hydrogen-bond donors (Lipinski definition) is 0. The number of rotatable bonds is 2. The van der Waals surface area contributed by atoms with Gasteiger partial charge in [0.2, 0.25) is 0 Å². The summed E-state index contributed by atoms with van der Waals surface area (Å²) in [4.78, 5) is 0. The minimum Gasteiger partial charge on any atom is -0.0622 e. The highest BCUT2D eigenvalue weighted by molar-refractivity contribution is 5.33. The first-order valence-electron chi connectivity index (χ1n) is 8.95. The third-order valence-electron chi connectivity index (χ3n) is 6.84. The molecule has 0 heterocycles. The van der Waals surface area contributed by atoms with Gasteiger partial charge in [-0.15, -0.1) is 0 Å². The van der Waals surface area contributed by atoms with E-state index in [0.29, 0.717) is 5.41 Å². The summed E-state index contributed by atoms with van der Waals surface area (Å²) in [5.41, 5.74) is 3.74. The van der Waals surface area contributed by atoms with Gasteiger partial charge < -0.3 is 0 Å². The van der Waals surface area contributed by atoms with Crippen LogP contribution in [0.25, 0.3) is 0 Å². The van der Waals surface area contributed by atoms with Crippen LogP contribution in [-0.4, -0.2) is 0 Å². The van der Waals surface area contributed by atoms with E-state index >= 15 is 0 Å². The third-order valence-corrected chi connectivity index (χ3v) is 6.84. The maximum Gasteiger partial charge on any atom is -0.00386 e. The lowest BCUT2D eigenvalue weighted by Gasteiger charge is -2.60. The van der Waals surface area contributed by atoms with Gasteiger partial charge in [0.05, 0.1) is 0 Å². The lowest BCUT2D eigenvalue weighted by atomic mass is 9.44. The molecule has 6 rings (SSSR count). The van der Waals surface area contributed by atoms with E-state index in [2.05, 4.69) is 60.7 Å². The van der Waals surface area contributed by atoms with Crippen LogP contribution in [0.5, 0.6) is 0 Å². The van der Waals surface area contributed by atoms with Crippen LogP contribution in [0.1, 0.15) is 49.1 Å². The molecule has 0 radical (unpaired) electrons. The van der Waals surface area contributed by atoms with Crippen molar-refractivity contribution < 1.29 is 0 Å². The summed E-state index contributed by atoms with van der Waals surface area (Å²) in [6.45, 7) is 0. The van der Waals surface area contributed by atoms with Gasteiger partial charge >= 0.3 is 0 Å². The average molecular weight is 288 g/mol. The van der Waals surface area contributed by atoms with E-state index in [1.165, 1.54) is 32.1 Å². The summed E-state index contributed by atoms with van der Waals surface area (Å²) in [5.74, 6) is 3.63. The van der Waals surface area contributed by atoms with Crippen LogP contribution in [0.3, 0.4) is 0 Å². The quantitative estimate of drug-likeness (QED) is 0.680. The molecule has 0 heteroatoms. The summed E-state index contributed by atoms with van der Waals surface area (Å²) in [5, 5.41) is 0. The van der Waals surface area contributed by atoms with Crippen molar-refractivity contribution in [2.24, 2.45) is 17.8 Å². The Bertz CT molecular complexity index is 641. The second-order valence-corrected chi connectivity index (χ2v) is 8.05. The third kappa shape index (κ3) is 1.82. The van der Waals surface area contributed by atoms with Gasteiger partial charge in [0.25, 0.3) is 0 Å². The van der Waals surface area contributed by atoms with Gasteiger partial charge in [-0.05, 0) is 72.3 Å². The molecule has 0 aliphatic heterocycles. The molecule has 4 fully saturated rings. The van der Waals surface area contributed by atoms with Gasteiger partial charge in [-0.2, -0.15) is 0 Å². The molecule has 2 aromatic rings. The molecule has 4 bridgehead atoms. The second-order valence-electron chi connectivity index (χ2n) is 8.05. The fourth-order valence-electron chi connectivity index (χ4n) is 6.39. The summed E-state index contributed by atoms with van der Waals surface area (Å²) in [6, 6.07) is 22.8. The van der Waals surface area contributed by atoms with Crippen LogP contribution < -0.4 is 0 Å². The topological polar surface area (TPSA) is 0 Å². The van der Waals surface area contributed by atoms with Gasteiger partial charge in [-0.3, -0.25) is 0 Å². The molecule has 4 aliphatic carbocycles. The van der Waals surface area contributed by atoms with Crippen molar-refractivity contribution in [2.45, 2.75) is 43.4 Å². The van der Waals surface area contributed by atoms with Crippen molar-refractivity contribution in [3.63, 3.8) is 0 Å². The van der Waals surface area contributed by atoms with E-state index in [-0.39, 0.29) is 0 Å². The molecule has 2 atom stereocenters. The minimum atomic E-state index is 0.503. The van der Waals surface area contributed by atoms with Gasteiger partial charge in [-0.1, -0.05) is 60.7 Å². The first-order chi connectivity index (χ1) is 10.8. The molecule has 2 aromatic carbocycles. The fourth-order valence-corrected chi connectivity index (χ4v) is 6.39. The van der Waals surface area contributed by atoms with Gasteiger partial charge in [0.15, 0.2) is 0 Å². The van der Waals surface area contributed by atoms with Crippen LogP contribution in [0.15, 0.2) is 60.7 Å². The highest BCUT2D eigenvalue weighted by atomic mass is 14.6. The Morgan fingerprint density at radius 1 is 0.682 bits per heavy atom. The van der Waals surface area contributed by atoms with E-state index in [4.69, 9.17) is 0 Å². The molecule has 112 valence electrons. The molecule has 2 unspecified atom stereocenters. The summed E-state index contributed by atoms with van der Waals surface area (Å²) >= 11 is 0. The zero-order valence-electron chi connectivity index (χ0n) is 13.1. The van der Waals surface area contributed by atoms with Crippen LogP contribution in [0.4, 0.5) is 0 Å². The van der Waals surface area contributed by atoms with E-state index < -0.39 is 0 Å². The zero-order valence-corrected chi connectivity index (χ0v) is 13.1. The van der Waals surface area contributed by atoms with Gasteiger partial charge in [0, 0.05) is 0 Å². The molecule has 22 heavy (non-hydrogen) atoms. The normalized spacial score (nSPS) is 39.1. The Labute approximate surface area is 133 Å². The predicted octanol–water partition coefficient (Wildman–Crippen LogP) is 5.55. The molecule has 0 N–H and O–H groups in total. The van der Waals surface area contributed by atoms with Crippen molar-refractivity contribution in [3.8, 4) is 0 Å². The maximum atomic E-state index is 2.39. The fraction of sp³-hybridized carbons (Fsp3) is 0.455. The first-order valence-corrected chi connectivity index (χ1v) is 8.95. The van der Waals surface area contributed by atoms with E-state index in [9.17, 15) is 0 Å². The molecule has 0 saturated heterocycles. The first kappa shape index (κ1) is 12.9. The van der Waals surface area contributed by atoms with E-state index in [0.717, 1.165) is 23.7 Å². The SMILES string of the molecule is c1ccc(C2C3CC4CC2CC(c2ccccc2)(C4)C3)cc1. The Kier molecular flexibility index (Phi) is 2.77. The van der Waals surface area contributed by atoms with Crippen LogP contribution >= 0.6 is 0 Å². The molecular formula is C22H24. The van der Waals surface area contributed by atoms with Gasteiger partial charge in [0.1, 0.15) is 0 Å².